The van der Waals surface area contributed by atoms with Crippen LogP contribution in [0.15, 0.2) is 58.3 Å². The number of carbonyl (C=O) groups is 1. The summed E-state index contributed by atoms with van der Waals surface area (Å²) in [5.74, 6) is -2.60. The number of pyridine rings is 1. The number of amidine groups is 1. The van der Waals surface area contributed by atoms with Crippen LogP contribution < -0.4 is 26.6 Å². The monoisotopic (exact) mass is 514 g/mol. The van der Waals surface area contributed by atoms with Gasteiger partial charge in [0.1, 0.15) is 23.2 Å². The smallest absolute Gasteiger partial charge is 0.355 e. The maximum atomic E-state index is 15.9. The maximum absolute atomic E-state index is 15.9. The van der Waals surface area contributed by atoms with Crippen molar-refractivity contribution in [3.05, 3.63) is 80.6 Å². The molecule has 1 aromatic heterocycles. The molecule has 0 saturated heterocycles. The van der Waals surface area contributed by atoms with Crippen LogP contribution in [-0.2, 0) is 17.7 Å². The van der Waals surface area contributed by atoms with Crippen molar-refractivity contribution in [3.63, 3.8) is 0 Å². The summed E-state index contributed by atoms with van der Waals surface area (Å²) in [6.45, 7) is 2.71. The number of hydrogen-bond acceptors (Lipinski definition) is 6. The van der Waals surface area contributed by atoms with Gasteiger partial charge in [-0.3, -0.25) is 9.79 Å². The van der Waals surface area contributed by atoms with Gasteiger partial charge in [-0.1, -0.05) is 36.4 Å². The number of esters is 1. The largest absolute Gasteiger partial charge is 0.461 e. The molecule has 2 unspecified atom stereocenters. The zero-order valence-electron chi connectivity index (χ0n) is 20.5. The lowest BCUT2D eigenvalue weighted by Crippen LogP contribution is -2.57. The second-order valence-corrected chi connectivity index (χ2v) is 8.64. The van der Waals surface area contributed by atoms with Gasteiger partial charge in [0.2, 0.25) is 0 Å². The van der Waals surface area contributed by atoms with Crippen LogP contribution in [0.3, 0.4) is 0 Å². The van der Waals surface area contributed by atoms with Crippen molar-refractivity contribution in [2.24, 2.45) is 4.99 Å². The molecule has 0 bridgehead atoms. The average molecular weight is 515 g/mol. The second kappa shape index (κ2) is 12.1. The van der Waals surface area contributed by atoms with E-state index < -0.39 is 45.8 Å². The fourth-order valence-corrected chi connectivity index (χ4v) is 4.41. The number of dihydropyridines is 1. The molecule has 2 heterocycles. The Morgan fingerprint density at radius 2 is 1.97 bits per heavy atom. The molecule has 1 aromatic carbocycles. The molecule has 0 spiro atoms. The van der Waals surface area contributed by atoms with Crippen LogP contribution in [0, 0.1) is 0 Å². The van der Waals surface area contributed by atoms with Crippen molar-refractivity contribution in [2.45, 2.75) is 38.5 Å². The average Bonchev–Trinajstić information content (AvgIpc) is 2.91. The molecule has 0 amide bonds. The van der Waals surface area contributed by atoms with Gasteiger partial charge in [-0.15, -0.1) is 0 Å². The lowest BCUT2D eigenvalue weighted by Gasteiger charge is -2.25. The molecule has 1 aliphatic heterocycles. The zero-order chi connectivity index (χ0) is 26.4. The van der Waals surface area contributed by atoms with Crippen molar-refractivity contribution in [2.75, 3.05) is 26.2 Å². The van der Waals surface area contributed by atoms with E-state index in [0.29, 0.717) is 18.8 Å². The molecule has 4 rings (SSSR count). The molecule has 37 heavy (non-hydrogen) atoms. The number of hydrogen-bond donors (Lipinski definition) is 2. The molecule has 10 heteroatoms. The SMILES string of the molecule is CCOC(=O)c1cc(=O)c2c(n1CCc1ccccc1)=C(F)C(NCCNC1=NCCC=C1)C(F)C=2F. The summed E-state index contributed by atoms with van der Waals surface area (Å²) >= 11 is 0. The summed E-state index contributed by atoms with van der Waals surface area (Å²) < 4.78 is 52.5. The van der Waals surface area contributed by atoms with E-state index >= 15 is 13.2 Å². The number of ether oxygens (including phenoxy) is 1. The molecule has 2 atom stereocenters. The van der Waals surface area contributed by atoms with Crippen molar-refractivity contribution in [3.8, 4) is 0 Å². The van der Waals surface area contributed by atoms with Crippen LogP contribution in [-0.4, -0.2) is 54.8 Å². The van der Waals surface area contributed by atoms with Gasteiger partial charge in [0, 0.05) is 32.2 Å². The van der Waals surface area contributed by atoms with Crippen LogP contribution in [0.5, 0.6) is 0 Å². The molecule has 2 N–H and O–H groups in total. The van der Waals surface area contributed by atoms with Gasteiger partial charge in [-0.25, -0.2) is 18.0 Å². The Morgan fingerprint density at radius 1 is 1.19 bits per heavy atom. The third-order valence-corrected chi connectivity index (χ3v) is 6.19. The third-order valence-electron chi connectivity index (χ3n) is 6.19. The normalized spacial score (nSPS) is 18.9. The van der Waals surface area contributed by atoms with Gasteiger partial charge in [0.05, 0.1) is 23.2 Å². The van der Waals surface area contributed by atoms with E-state index in [1.165, 1.54) is 4.57 Å². The number of nitrogens with zero attached hydrogens (tertiary/aromatic N) is 2. The minimum atomic E-state index is -2.40. The lowest BCUT2D eigenvalue weighted by atomic mass is 10.0. The number of aromatic nitrogens is 1. The van der Waals surface area contributed by atoms with E-state index in [-0.39, 0.29) is 31.9 Å². The van der Waals surface area contributed by atoms with E-state index in [1.54, 1.807) is 6.92 Å². The van der Waals surface area contributed by atoms with Crippen LogP contribution in [0.2, 0.25) is 0 Å². The zero-order valence-corrected chi connectivity index (χ0v) is 20.5. The first-order valence-corrected chi connectivity index (χ1v) is 12.3. The highest BCUT2D eigenvalue weighted by Gasteiger charge is 2.36. The van der Waals surface area contributed by atoms with E-state index in [0.717, 1.165) is 18.1 Å². The standard InChI is InChI=1S/C27H29F3N4O3/c1-2-37-27(36)18-16-19(35)21-22(28)23(29)25(33-14-13-32-20-10-6-7-12-31-20)24(30)26(21)34(18)15-11-17-8-4-3-5-9-17/h3-6,8-10,16,23,25,33H,2,7,11-15H2,1H3,(H,31,32). The summed E-state index contributed by atoms with van der Waals surface area (Å²) in [7, 11) is 0. The number of aryl methyl sites for hydroxylation is 1. The molecule has 0 fully saturated rings. The summed E-state index contributed by atoms with van der Waals surface area (Å²) in [6, 6.07) is 8.43. The molecule has 1 aliphatic carbocycles. The Balaban J connectivity index is 1.72. The van der Waals surface area contributed by atoms with E-state index in [2.05, 4.69) is 15.6 Å². The Hall–Kier alpha value is -3.66. The van der Waals surface area contributed by atoms with Crippen LogP contribution in [0.25, 0.3) is 11.7 Å². The number of carbonyl (C=O) groups excluding carboxylic acids is 1. The molecule has 0 saturated carbocycles. The minimum Gasteiger partial charge on any atom is -0.461 e. The maximum Gasteiger partial charge on any atom is 0.355 e. The quantitative estimate of drug-likeness (QED) is 0.393. The first-order chi connectivity index (χ1) is 17.9. The third kappa shape index (κ3) is 5.85. The Labute approximate surface area is 212 Å². The van der Waals surface area contributed by atoms with E-state index in [4.69, 9.17) is 4.74 Å². The van der Waals surface area contributed by atoms with E-state index in [1.807, 2.05) is 42.5 Å². The van der Waals surface area contributed by atoms with Gasteiger partial charge >= 0.3 is 5.97 Å². The van der Waals surface area contributed by atoms with Crippen LogP contribution in [0.1, 0.15) is 29.4 Å². The van der Waals surface area contributed by atoms with E-state index in [9.17, 15) is 9.59 Å². The Morgan fingerprint density at radius 3 is 2.68 bits per heavy atom. The number of fused-ring (bicyclic) bond motifs is 1. The molecule has 196 valence electrons. The minimum absolute atomic E-state index is 0.0275. The van der Waals surface area contributed by atoms with Gasteiger partial charge in [-0.2, -0.15) is 0 Å². The molecule has 2 aromatic rings. The summed E-state index contributed by atoms with van der Waals surface area (Å²) in [5, 5.41) is 4.61. The van der Waals surface area contributed by atoms with Crippen molar-refractivity contribution in [1.82, 2.24) is 15.2 Å². The summed E-state index contributed by atoms with van der Waals surface area (Å²) in [6.07, 6.45) is 2.59. The van der Waals surface area contributed by atoms with Crippen molar-refractivity contribution in [1.29, 1.82) is 0 Å². The Bertz CT molecular complexity index is 1390. The fraction of sp³-hybridized carbons (Fsp3) is 0.370. The Kier molecular flexibility index (Phi) is 8.60. The van der Waals surface area contributed by atoms with Crippen molar-refractivity contribution >= 4 is 23.5 Å². The van der Waals surface area contributed by atoms with Crippen LogP contribution in [0.4, 0.5) is 13.2 Å². The number of halogens is 3. The van der Waals surface area contributed by atoms with Gasteiger partial charge in [-0.05, 0) is 31.4 Å². The highest BCUT2D eigenvalue weighted by atomic mass is 19.2. The molecule has 2 aliphatic rings. The summed E-state index contributed by atoms with van der Waals surface area (Å²) in [4.78, 5) is 29.8. The topological polar surface area (TPSA) is 84.7 Å². The lowest BCUT2D eigenvalue weighted by molar-refractivity contribution is 0.0511. The molecular formula is C27H29F3N4O3. The van der Waals surface area contributed by atoms with Crippen LogP contribution >= 0.6 is 0 Å². The molecule has 0 radical (unpaired) electrons. The predicted octanol–water partition coefficient (Wildman–Crippen LogP) is 1.68. The number of benzene rings is 1. The predicted molar refractivity (Wildman–Crippen MR) is 136 cm³/mol. The summed E-state index contributed by atoms with van der Waals surface area (Å²) in [5.41, 5.74) is -0.315. The first kappa shape index (κ1) is 26.4. The van der Waals surface area contributed by atoms with Gasteiger partial charge in [0.25, 0.3) is 0 Å². The highest BCUT2D eigenvalue weighted by molar-refractivity contribution is 5.93. The first-order valence-electron chi connectivity index (χ1n) is 12.3. The highest BCUT2D eigenvalue weighted by Crippen LogP contribution is 2.22. The number of alkyl halides is 1. The molecular weight excluding hydrogens is 485 g/mol. The van der Waals surface area contributed by atoms with Gasteiger partial charge < -0.3 is 19.9 Å². The molecule has 7 nitrogen and oxygen atoms in total. The number of aliphatic imine (C=N–C) groups is 1. The number of nitrogens with one attached hydrogen (secondary N) is 2. The second-order valence-electron chi connectivity index (χ2n) is 8.64. The van der Waals surface area contributed by atoms with Gasteiger partial charge in [0.15, 0.2) is 11.6 Å². The number of rotatable bonds is 9. The fourth-order valence-electron chi connectivity index (χ4n) is 4.41. The van der Waals surface area contributed by atoms with Crippen molar-refractivity contribution < 1.29 is 22.7 Å².